The number of carbonyl (C=O) groups excluding carboxylic acids is 2. The molecule has 0 aromatic carbocycles. The second-order valence-electron chi connectivity index (χ2n) is 9.04. The third-order valence-electron chi connectivity index (χ3n) is 6.80. The summed E-state index contributed by atoms with van der Waals surface area (Å²) >= 11 is 3.03. The number of piperidine rings is 2. The predicted molar refractivity (Wildman–Crippen MR) is 126 cm³/mol. The minimum absolute atomic E-state index is 0.00758. The van der Waals surface area contributed by atoms with E-state index in [1.807, 2.05) is 29.0 Å². The highest BCUT2D eigenvalue weighted by atomic mass is 32.1. The molecule has 0 radical (unpaired) electrons. The van der Waals surface area contributed by atoms with Gasteiger partial charge in [0.15, 0.2) is 5.79 Å². The maximum absolute atomic E-state index is 13.0. The van der Waals surface area contributed by atoms with Crippen molar-refractivity contribution in [2.45, 2.75) is 57.7 Å². The maximum Gasteiger partial charge on any atom is 0.273 e. The molecule has 5 rings (SSSR count). The monoisotopic (exact) mass is 490 g/mol. The number of thiazole rings is 2. The average Bonchev–Trinajstić information content (AvgIpc) is 3.46. The summed E-state index contributed by atoms with van der Waals surface area (Å²) in [5, 5.41) is 3.81. The summed E-state index contributed by atoms with van der Waals surface area (Å²) in [7, 11) is 0. The molecule has 3 aliphatic rings. The van der Waals surface area contributed by atoms with Crippen LogP contribution in [0.5, 0.6) is 0 Å². The van der Waals surface area contributed by atoms with Crippen molar-refractivity contribution in [3.05, 3.63) is 31.7 Å². The molecule has 0 bridgehead atoms. The van der Waals surface area contributed by atoms with Gasteiger partial charge in [-0.1, -0.05) is 0 Å². The Morgan fingerprint density at radius 1 is 1.00 bits per heavy atom. The normalized spacial score (nSPS) is 21.5. The quantitative estimate of drug-likeness (QED) is 0.654. The van der Waals surface area contributed by atoms with E-state index >= 15 is 0 Å². The van der Waals surface area contributed by atoms with Crippen LogP contribution in [0.2, 0.25) is 0 Å². The minimum atomic E-state index is -0.496. The Hall–Kier alpha value is -1.88. The van der Waals surface area contributed by atoms with Gasteiger partial charge in [-0.3, -0.25) is 9.59 Å². The molecule has 0 atom stereocenters. The lowest BCUT2D eigenvalue weighted by Crippen LogP contribution is -2.51. The molecule has 0 saturated carbocycles. The van der Waals surface area contributed by atoms with E-state index in [-0.39, 0.29) is 11.8 Å². The summed E-state index contributed by atoms with van der Waals surface area (Å²) in [6, 6.07) is 0. The van der Waals surface area contributed by atoms with Gasteiger partial charge in [0.2, 0.25) is 0 Å². The highest BCUT2D eigenvalue weighted by Gasteiger charge is 2.40. The van der Waals surface area contributed by atoms with Gasteiger partial charge in [-0.25, -0.2) is 9.97 Å². The fraction of sp³-hybridized carbons (Fsp3) is 0.652. The van der Waals surface area contributed by atoms with Crippen LogP contribution in [0.25, 0.3) is 0 Å². The van der Waals surface area contributed by atoms with E-state index in [4.69, 9.17) is 14.5 Å². The van der Waals surface area contributed by atoms with Crippen LogP contribution in [0.15, 0.2) is 5.38 Å². The number of aromatic nitrogens is 2. The Kier molecular flexibility index (Phi) is 6.52. The first-order valence-corrected chi connectivity index (χ1v) is 13.4. The van der Waals surface area contributed by atoms with Crippen molar-refractivity contribution in [3.63, 3.8) is 0 Å². The summed E-state index contributed by atoms with van der Waals surface area (Å²) in [6.07, 6.45) is 4.08. The number of carbonyl (C=O) groups is 2. The molecule has 1 spiro atoms. The molecule has 33 heavy (non-hydrogen) atoms. The maximum atomic E-state index is 13.0. The molecule has 2 amide bonds. The first-order valence-electron chi connectivity index (χ1n) is 11.7. The first kappa shape index (κ1) is 22.9. The topological polar surface area (TPSA) is 84.9 Å². The van der Waals surface area contributed by atoms with E-state index in [1.165, 1.54) is 11.3 Å². The van der Waals surface area contributed by atoms with Crippen LogP contribution < -0.4 is 0 Å². The average molecular weight is 491 g/mol. The van der Waals surface area contributed by atoms with Crippen molar-refractivity contribution in [3.8, 4) is 0 Å². The van der Waals surface area contributed by atoms with Crippen molar-refractivity contribution < 1.29 is 19.1 Å². The molecule has 3 fully saturated rings. The molecule has 178 valence electrons. The largest absolute Gasteiger partial charge is 0.350 e. The van der Waals surface area contributed by atoms with Gasteiger partial charge in [-0.15, -0.1) is 22.7 Å². The van der Waals surface area contributed by atoms with Gasteiger partial charge in [-0.05, 0) is 33.1 Å². The molecule has 8 nitrogen and oxygen atoms in total. The standard InChI is InChI=1S/C23H30N4O4S2/c1-15-19(33-16(2)24-15)22(29)26-8-4-17(5-9-26)20-25-18(14-32-20)21(28)27-10-6-23(7-11-27)30-12-3-13-31-23/h14,17H,3-13H2,1-2H3. The molecule has 10 heteroatoms. The molecular weight excluding hydrogens is 460 g/mol. The zero-order valence-electron chi connectivity index (χ0n) is 19.2. The Morgan fingerprint density at radius 2 is 1.67 bits per heavy atom. The number of amides is 2. The second kappa shape index (κ2) is 9.40. The number of likely N-dealkylation sites (tertiary alicyclic amines) is 2. The van der Waals surface area contributed by atoms with Crippen LogP contribution in [0, 0.1) is 13.8 Å². The van der Waals surface area contributed by atoms with E-state index in [1.54, 1.807) is 11.3 Å². The summed E-state index contributed by atoms with van der Waals surface area (Å²) in [5.74, 6) is -0.130. The Balaban J connectivity index is 1.16. The summed E-state index contributed by atoms with van der Waals surface area (Å²) in [4.78, 5) is 39.5. The van der Waals surface area contributed by atoms with Crippen molar-refractivity contribution in [1.82, 2.24) is 19.8 Å². The molecule has 0 N–H and O–H groups in total. The predicted octanol–water partition coefficient (Wildman–Crippen LogP) is 3.61. The van der Waals surface area contributed by atoms with E-state index in [9.17, 15) is 9.59 Å². The fourth-order valence-electron chi connectivity index (χ4n) is 4.89. The first-order chi connectivity index (χ1) is 15.9. The third kappa shape index (κ3) is 4.71. The van der Waals surface area contributed by atoms with E-state index in [0.29, 0.717) is 50.6 Å². The van der Waals surface area contributed by atoms with E-state index in [0.717, 1.165) is 53.1 Å². The summed E-state index contributed by atoms with van der Waals surface area (Å²) in [5.41, 5.74) is 1.35. The number of aryl methyl sites for hydroxylation is 2. The SMILES string of the molecule is Cc1nc(C)c(C(=O)N2CCC(c3nc(C(=O)N4CCC5(CC4)OCCCO5)cs3)CC2)s1. The number of nitrogens with zero attached hydrogens (tertiary/aromatic N) is 4. The van der Waals surface area contributed by atoms with Crippen LogP contribution in [0.1, 0.15) is 73.9 Å². The van der Waals surface area contributed by atoms with Crippen molar-refractivity contribution in [1.29, 1.82) is 0 Å². The Morgan fingerprint density at radius 3 is 2.30 bits per heavy atom. The number of hydrogen-bond acceptors (Lipinski definition) is 8. The van der Waals surface area contributed by atoms with Crippen LogP contribution in [-0.4, -0.2) is 76.8 Å². The van der Waals surface area contributed by atoms with Crippen LogP contribution >= 0.6 is 22.7 Å². The minimum Gasteiger partial charge on any atom is -0.350 e. The van der Waals surface area contributed by atoms with E-state index < -0.39 is 5.79 Å². The molecule has 0 aliphatic carbocycles. The van der Waals surface area contributed by atoms with Crippen LogP contribution in [0.4, 0.5) is 0 Å². The lowest BCUT2D eigenvalue weighted by atomic mass is 9.97. The molecule has 3 aliphatic heterocycles. The second-order valence-corrected chi connectivity index (χ2v) is 11.1. The Labute approximate surface area is 201 Å². The lowest BCUT2D eigenvalue weighted by molar-refractivity contribution is -0.281. The number of ether oxygens (including phenoxy) is 2. The zero-order valence-corrected chi connectivity index (χ0v) is 20.8. The van der Waals surface area contributed by atoms with E-state index in [2.05, 4.69) is 4.98 Å². The molecule has 0 unspecified atom stereocenters. The fourth-order valence-corrected chi connectivity index (χ4v) is 6.75. The molecule has 5 heterocycles. The van der Waals surface area contributed by atoms with Gasteiger partial charge in [0.05, 0.1) is 28.9 Å². The smallest absolute Gasteiger partial charge is 0.273 e. The molecule has 2 aromatic rings. The highest BCUT2D eigenvalue weighted by molar-refractivity contribution is 7.13. The van der Waals surface area contributed by atoms with Gasteiger partial charge in [0.1, 0.15) is 10.6 Å². The molecule has 2 aromatic heterocycles. The number of rotatable bonds is 3. The van der Waals surface area contributed by atoms with Crippen LogP contribution in [-0.2, 0) is 9.47 Å². The van der Waals surface area contributed by atoms with Crippen molar-refractivity contribution in [2.75, 3.05) is 39.4 Å². The third-order valence-corrected chi connectivity index (χ3v) is 8.87. The summed E-state index contributed by atoms with van der Waals surface area (Å²) in [6.45, 7) is 7.96. The van der Waals surface area contributed by atoms with Crippen LogP contribution in [0.3, 0.4) is 0 Å². The van der Waals surface area contributed by atoms with Gasteiger partial charge < -0.3 is 19.3 Å². The highest BCUT2D eigenvalue weighted by Crippen LogP contribution is 2.34. The van der Waals surface area contributed by atoms with Gasteiger partial charge in [0.25, 0.3) is 11.8 Å². The molecular formula is C23H30N4O4S2. The van der Waals surface area contributed by atoms with Crippen molar-refractivity contribution >= 4 is 34.5 Å². The molecule has 3 saturated heterocycles. The lowest BCUT2D eigenvalue weighted by Gasteiger charge is -2.43. The zero-order chi connectivity index (χ0) is 23.0. The van der Waals surface area contributed by atoms with Crippen molar-refractivity contribution in [2.24, 2.45) is 0 Å². The van der Waals surface area contributed by atoms with Gasteiger partial charge >= 0.3 is 0 Å². The summed E-state index contributed by atoms with van der Waals surface area (Å²) < 4.78 is 11.8. The van der Waals surface area contributed by atoms with Gasteiger partial charge in [-0.2, -0.15) is 0 Å². The Bertz CT molecular complexity index is 1010. The van der Waals surface area contributed by atoms with Gasteiger partial charge in [0, 0.05) is 50.3 Å². The number of hydrogen-bond donors (Lipinski definition) is 0.